The highest BCUT2D eigenvalue weighted by Gasteiger charge is 2.75. The second-order valence-electron chi connectivity index (χ2n) is 11.3. The zero-order chi connectivity index (χ0) is 27.5. The highest BCUT2D eigenvalue weighted by Crippen LogP contribution is 2.58. The van der Waals surface area contributed by atoms with Gasteiger partial charge in [0.05, 0.1) is 30.1 Å². The molecule has 0 aliphatic carbocycles. The highest BCUT2D eigenvalue weighted by molar-refractivity contribution is 6.06. The minimum Gasteiger partial charge on any atom is -0.394 e. The van der Waals surface area contributed by atoms with Crippen LogP contribution < -0.4 is 4.90 Å². The smallest absolute Gasteiger partial charge is 0.253 e. The van der Waals surface area contributed by atoms with Crippen molar-refractivity contribution in [1.29, 1.82) is 0 Å². The largest absolute Gasteiger partial charge is 0.394 e. The highest BCUT2D eigenvalue weighted by atomic mass is 16.5. The van der Waals surface area contributed by atoms with Crippen molar-refractivity contribution < 1.29 is 24.2 Å². The number of benzene rings is 2. The maximum Gasteiger partial charge on any atom is 0.253 e. The van der Waals surface area contributed by atoms with Crippen LogP contribution in [0.1, 0.15) is 27.2 Å². The van der Waals surface area contributed by atoms with Crippen molar-refractivity contribution in [2.24, 2.45) is 11.8 Å². The van der Waals surface area contributed by atoms with Crippen molar-refractivity contribution in [2.75, 3.05) is 31.1 Å². The van der Waals surface area contributed by atoms with Crippen molar-refractivity contribution in [3.8, 4) is 0 Å². The van der Waals surface area contributed by atoms with Crippen LogP contribution in [0, 0.1) is 11.8 Å². The van der Waals surface area contributed by atoms with Crippen LogP contribution in [0.25, 0.3) is 10.8 Å². The van der Waals surface area contributed by atoms with Crippen molar-refractivity contribution >= 4 is 34.2 Å². The number of hydrogen-bond acceptors (Lipinski definition) is 5. The van der Waals surface area contributed by atoms with Gasteiger partial charge in [0.1, 0.15) is 11.6 Å². The van der Waals surface area contributed by atoms with E-state index in [0.29, 0.717) is 19.6 Å². The summed E-state index contributed by atoms with van der Waals surface area (Å²) in [6.07, 6.45) is 8.35. The first-order valence-corrected chi connectivity index (χ1v) is 13.8. The summed E-state index contributed by atoms with van der Waals surface area (Å²) in [4.78, 5) is 47.7. The molecule has 3 amide bonds. The van der Waals surface area contributed by atoms with E-state index in [1.165, 1.54) is 4.90 Å². The van der Waals surface area contributed by atoms with Crippen LogP contribution in [0.4, 0.5) is 5.69 Å². The number of rotatable bonds is 5. The van der Waals surface area contributed by atoms with Gasteiger partial charge in [-0.25, -0.2) is 0 Å². The topological polar surface area (TPSA) is 90.4 Å². The van der Waals surface area contributed by atoms with E-state index in [2.05, 4.69) is 0 Å². The molecule has 204 valence electrons. The molecule has 6 atom stereocenters. The Hall–Kier alpha value is -3.49. The number of anilines is 1. The van der Waals surface area contributed by atoms with E-state index >= 15 is 0 Å². The van der Waals surface area contributed by atoms with E-state index in [-0.39, 0.29) is 24.3 Å². The lowest BCUT2D eigenvalue weighted by molar-refractivity contribution is -0.150. The summed E-state index contributed by atoms with van der Waals surface area (Å²) < 4.78 is 6.83. The van der Waals surface area contributed by atoms with Crippen LogP contribution in [0.3, 0.4) is 0 Å². The van der Waals surface area contributed by atoms with E-state index in [1.807, 2.05) is 80.6 Å². The van der Waals surface area contributed by atoms with E-state index in [4.69, 9.17) is 4.74 Å². The molecule has 4 aliphatic heterocycles. The van der Waals surface area contributed by atoms with Gasteiger partial charge in [0.25, 0.3) is 5.91 Å². The van der Waals surface area contributed by atoms with Gasteiger partial charge in [0, 0.05) is 25.3 Å². The Labute approximate surface area is 228 Å². The summed E-state index contributed by atoms with van der Waals surface area (Å²) in [5, 5.41) is 12.2. The van der Waals surface area contributed by atoms with Crippen LogP contribution in [-0.2, 0) is 19.1 Å². The molecule has 8 nitrogen and oxygen atoms in total. The molecule has 8 heteroatoms. The Morgan fingerprint density at radius 2 is 1.72 bits per heavy atom. The Morgan fingerprint density at radius 3 is 2.46 bits per heavy atom. The van der Waals surface area contributed by atoms with E-state index in [1.54, 1.807) is 16.7 Å². The van der Waals surface area contributed by atoms with E-state index < -0.39 is 35.1 Å². The van der Waals surface area contributed by atoms with Gasteiger partial charge in [-0.05, 0) is 43.2 Å². The average molecular weight is 530 g/mol. The molecule has 0 saturated carbocycles. The predicted molar refractivity (Wildman–Crippen MR) is 148 cm³/mol. The number of aliphatic hydroxyl groups excluding tert-OH is 1. The van der Waals surface area contributed by atoms with Gasteiger partial charge in [-0.15, -0.1) is 0 Å². The third kappa shape index (κ3) is 3.68. The van der Waals surface area contributed by atoms with Gasteiger partial charge < -0.3 is 24.5 Å². The lowest BCUT2D eigenvalue weighted by atomic mass is 9.74. The number of carbonyl (C=O) groups is 3. The van der Waals surface area contributed by atoms with Gasteiger partial charge >= 0.3 is 0 Å². The van der Waals surface area contributed by atoms with Gasteiger partial charge in [0.2, 0.25) is 11.8 Å². The molecule has 2 fully saturated rings. The molecule has 39 heavy (non-hydrogen) atoms. The number of aliphatic hydroxyl groups is 1. The number of fused-ring (bicyclic) bond motifs is 3. The van der Waals surface area contributed by atoms with Crippen molar-refractivity contribution in [3.63, 3.8) is 0 Å². The third-order valence-corrected chi connectivity index (χ3v) is 8.86. The molecule has 6 rings (SSSR count). The van der Waals surface area contributed by atoms with Gasteiger partial charge in [-0.1, -0.05) is 61.6 Å². The summed E-state index contributed by atoms with van der Waals surface area (Å²) in [6.45, 7) is 6.62. The van der Waals surface area contributed by atoms with E-state index in [9.17, 15) is 19.5 Å². The molecule has 4 aliphatic rings. The van der Waals surface area contributed by atoms with Crippen LogP contribution in [0.2, 0.25) is 0 Å². The normalized spacial score (nSPS) is 32.8. The Bertz CT molecular complexity index is 1400. The molecule has 1 N–H and O–H groups in total. The first kappa shape index (κ1) is 25.8. The van der Waals surface area contributed by atoms with Gasteiger partial charge in [0.15, 0.2) is 0 Å². The van der Waals surface area contributed by atoms with Gasteiger partial charge in [-0.2, -0.15) is 0 Å². The number of amides is 3. The third-order valence-electron chi connectivity index (χ3n) is 8.86. The second-order valence-corrected chi connectivity index (χ2v) is 11.3. The SMILES string of the molecule is CCCN1CC=C[C@@]2(C)O[C@]34C=CCN(c5ccc6ccccc6c5)C(=O)C3N([C@H](C)CO)C(=O)[C@@H]4[C@H]2C1=O. The zero-order valence-corrected chi connectivity index (χ0v) is 22.6. The average Bonchev–Trinajstić information content (AvgIpc) is 3.21. The fraction of sp³-hybridized carbons (Fsp3) is 0.452. The van der Waals surface area contributed by atoms with Crippen molar-refractivity contribution in [2.45, 2.75) is 50.5 Å². The van der Waals surface area contributed by atoms with Crippen LogP contribution >= 0.6 is 0 Å². The number of carbonyl (C=O) groups excluding carboxylic acids is 3. The minimum atomic E-state index is -1.34. The molecule has 4 heterocycles. The fourth-order valence-corrected chi connectivity index (χ4v) is 7.12. The molecule has 2 aromatic carbocycles. The number of likely N-dealkylation sites (tertiary alicyclic amines) is 1. The van der Waals surface area contributed by atoms with Crippen LogP contribution in [-0.4, -0.2) is 82.2 Å². The summed E-state index contributed by atoms with van der Waals surface area (Å²) in [5.41, 5.74) is -1.66. The second kappa shape index (κ2) is 9.31. The van der Waals surface area contributed by atoms with Crippen molar-refractivity contribution in [3.05, 3.63) is 66.8 Å². The summed E-state index contributed by atoms with van der Waals surface area (Å²) in [6, 6.07) is 12.2. The molecule has 1 spiro atoms. The Kier molecular flexibility index (Phi) is 6.15. The maximum atomic E-state index is 14.5. The standard InChI is InChI=1S/C31H35N3O5/c1-4-15-32-16-7-13-30(3)24(27(32)36)25-28(37)34(20(2)19-35)26-29(38)33(17-8-14-31(25,26)39-30)23-12-11-21-9-5-6-10-22(21)18-23/h5-14,18,20,24-26,35H,4,15-17,19H2,1-3H3/t20-,24+,25+,26?,30-,31+/m1/s1. The lowest BCUT2D eigenvalue weighted by Gasteiger charge is -2.39. The summed E-state index contributed by atoms with van der Waals surface area (Å²) >= 11 is 0. The lowest BCUT2D eigenvalue weighted by Crippen LogP contribution is -2.58. The van der Waals surface area contributed by atoms with Crippen LogP contribution in [0.5, 0.6) is 0 Å². The first-order chi connectivity index (χ1) is 18.8. The first-order valence-electron chi connectivity index (χ1n) is 13.8. The fourth-order valence-electron chi connectivity index (χ4n) is 7.12. The number of ether oxygens (including phenoxy) is 1. The molecule has 0 radical (unpaired) electrons. The Balaban J connectivity index is 1.48. The Morgan fingerprint density at radius 1 is 0.974 bits per heavy atom. The molecule has 2 aromatic rings. The molecular formula is C31H35N3O5. The molecule has 2 saturated heterocycles. The minimum absolute atomic E-state index is 0.131. The quantitative estimate of drug-likeness (QED) is 0.602. The number of nitrogens with zero attached hydrogens (tertiary/aromatic N) is 3. The molecule has 0 bridgehead atoms. The molecule has 0 aromatic heterocycles. The maximum absolute atomic E-state index is 14.5. The molecule has 1 unspecified atom stereocenters. The molecular weight excluding hydrogens is 494 g/mol. The van der Waals surface area contributed by atoms with E-state index in [0.717, 1.165) is 22.9 Å². The summed E-state index contributed by atoms with van der Waals surface area (Å²) in [7, 11) is 0. The number of hydrogen-bond donors (Lipinski definition) is 1. The van der Waals surface area contributed by atoms with Crippen molar-refractivity contribution in [1.82, 2.24) is 9.80 Å². The monoisotopic (exact) mass is 529 g/mol. The summed E-state index contributed by atoms with van der Waals surface area (Å²) in [5.74, 6) is -2.40. The zero-order valence-electron chi connectivity index (χ0n) is 22.6. The van der Waals surface area contributed by atoms with Crippen LogP contribution in [0.15, 0.2) is 66.8 Å². The van der Waals surface area contributed by atoms with Gasteiger partial charge in [-0.3, -0.25) is 14.4 Å². The predicted octanol–water partition coefficient (Wildman–Crippen LogP) is 2.90.